The van der Waals surface area contributed by atoms with Crippen molar-refractivity contribution in [3.63, 3.8) is 0 Å². The van der Waals surface area contributed by atoms with Crippen LogP contribution < -0.4 is 5.56 Å². The maximum Gasteiger partial charge on any atom is 0.268 e. The highest BCUT2D eigenvalue weighted by Gasteiger charge is 2.03. The summed E-state index contributed by atoms with van der Waals surface area (Å²) in [7, 11) is 0. The average molecular weight is 409 g/mol. The summed E-state index contributed by atoms with van der Waals surface area (Å²) in [6.45, 7) is 0.328. The predicted octanol–water partition coefficient (Wildman–Crippen LogP) is 2.80. The molecule has 0 atom stereocenters. The minimum Gasteiger partial charge on any atom is -0.268 e. The number of aromatic nitrogens is 2. The van der Waals surface area contributed by atoms with Crippen molar-refractivity contribution < 1.29 is 4.39 Å². The lowest BCUT2D eigenvalue weighted by Crippen LogP contribution is -2.22. The van der Waals surface area contributed by atoms with Gasteiger partial charge in [-0.1, -0.05) is 6.07 Å². The highest BCUT2D eigenvalue weighted by Crippen LogP contribution is 2.17. The Hall–Kier alpha value is -0.760. The van der Waals surface area contributed by atoms with Crippen molar-refractivity contribution in [2.24, 2.45) is 0 Å². The Morgan fingerprint density at radius 2 is 2.18 bits per heavy atom. The van der Waals surface area contributed by atoms with Gasteiger partial charge in [0.15, 0.2) is 0 Å². The third kappa shape index (κ3) is 3.12. The first-order chi connectivity index (χ1) is 8.06. The van der Waals surface area contributed by atoms with E-state index in [1.807, 2.05) is 22.6 Å². The summed E-state index contributed by atoms with van der Waals surface area (Å²) in [4.78, 5) is 11.6. The lowest BCUT2D eigenvalue weighted by molar-refractivity contribution is 0.612. The van der Waals surface area contributed by atoms with Crippen LogP contribution in [0.1, 0.15) is 5.56 Å². The normalized spacial score (nSPS) is 10.5. The van der Waals surface area contributed by atoms with Crippen LogP contribution in [0.5, 0.6) is 0 Å². The minimum atomic E-state index is -0.323. The monoisotopic (exact) mass is 408 g/mol. The van der Waals surface area contributed by atoms with Crippen LogP contribution in [0, 0.1) is 9.39 Å². The standard InChI is InChI=1S/C11H7BrFIN2O/c12-9-3-7(1-2-10(9)13)6-16-11(17)4-8(14)5-15-16/h1-5H,6H2. The van der Waals surface area contributed by atoms with Gasteiger partial charge in [-0.2, -0.15) is 5.10 Å². The van der Waals surface area contributed by atoms with E-state index in [2.05, 4.69) is 21.0 Å². The van der Waals surface area contributed by atoms with Crippen molar-refractivity contribution in [2.75, 3.05) is 0 Å². The van der Waals surface area contributed by atoms with Gasteiger partial charge in [-0.25, -0.2) is 9.07 Å². The molecule has 1 aromatic heterocycles. The molecule has 0 spiro atoms. The number of halogens is 3. The van der Waals surface area contributed by atoms with Crippen molar-refractivity contribution in [3.05, 3.63) is 60.2 Å². The van der Waals surface area contributed by atoms with E-state index in [0.717, 1.165) is 9.13 Å². The van der Waals surface area contributed by atoms with Crippen LogP contribution in [0.3, 0.4) is 0 Å². The molecule has 2 aromatic rings. The summed E-state index contributed by atoms with van der Waals surface area (Å²) in [5, 5.41) is 4.01. The molecule has 0 N–H and O–H groups in total. The Bertz CT molecular complexity index is 615. The molecule has 0 aliphatic carbocycles. The van der Waals surface area contributed by atoms with Crippen LogP contribution in [0.4, 0.5) is 4.39 Å². The highest BCUT2D eigenvalue weighted by molar-refractivity contribution is 14.1. The molecular weight excluding hydrogens is 402 g/mol. The SMILES string of the molecule is O=c1cc(I)cnn1Cc1ccc(F)c(Br)c1. The van der Waals surface area contributed by atoms with E-state index >= 15 is 0 Å². The van der Waals surface area contributed by atoms with Gasteiger partial charge >= 0.3 is 0 Å². The van der Waals surface area contributed by atoms with Crippen LogP contribution in [0.15, 0.2) is 39.7 Å². The Morgan fingerprint density at radius 1 is 1.41 bits per heavy atom. The molecule has 2 rings (SSSR count). The molecule has 0 bridgehead atoms. The average Bonchev–Trinajstić information content (AvgIpc) is 2.27. The largest absolute Gasteiger partial charge is 0.268 e. The Labute approximate surface area is 119 Å². The molecule has 0 unspecified atom stereocenters. The van der Waals surface area contributed by atoms with Crippen LogP contribution in [0.25, 0.3) is 0 Å². The Balaban J connectivity index is 2.31. The van der Waals surface area contributed by atoms with Gasteiger partial charge in [-0.05, 0) is 56.2 Å². The molecule has 6 heteroatoms. The third-order valence-corrected chi connectivity index (χ3v) is 3.35. The van der Waals surface area contributed by atoms with E-state index in [9.17, 15) is 9.18 Å². The third-order valence-electron chi connectivity index (χ3n) is 2.15. The fourth-order valence-electron chi connectivity index (χ4n) is 1.34. The van der Waals surface area contributed by atoms with Crippen LogP contribution >= 0.6 is 38.5 Å². The van der Waals surface area contributed by atoms with Crippen molar-refractivity contribution in [1.82, 2.24) is 9.78 Å². The number of benzene rings is 1. The molecular formula is C11H7BrFIN2O. The first kappa shape index (κ1) is 12.7. The van der Waals surface area contributed by atoms with Crippen LogP contribution in [-0.4, -0.2) is 9.78 Å². The summed E-state index contributed by atoms with van der Waals surface area (Å²) >= 11 is 5.14. The van der Waals surface area contributed by atoms with E-state index in [-0.39, 0.29) is 11.4 Å². The van der Waals surface area contributed by atoms with Crippen molar-refractivity contribution in [1.29, 1.82) is 0 Å². The first-order valence-corrected chi connectivity index (χ1v) is 6.60. The summed E-state index contributed by atoms with van der Waals surface area (Å²) in [6.07, 6.45) is 1.61. The Morgan fingerprint density at radius 3 is 2.82 bits per heavy atom. The van der Waals surface area contributed by atoms with Crippen molar-refractivity contribution in [3.8, 4) is 0 Å². The molecule has 0 aliphatic rings. The number of nitrogens with zero attached hydrogens (tertiary/aromatic N) is 2. The maximum absolute atomic E-state index is 13.0. The lowest BCUT2D eigenvalue weighted by atomic mass is 10.2. The highest BCUT2D eigenvalue weighted by atomic mass is 127. The van der Waals surface area contributed by atoms with Crippen molar-refractivity contribution >= 4 is 38.5 Å². The minimum absolute atomic E-state index is 0.169. The molecule has 0 saturated heterocycles. The molecule has 88 valence electrons. The zero-order valence-corrected chi connectivity index (χ0v) is 12.3. The second-order valence-corrected chi connectivity index (χ2v) is 5.52. The predicted molar refractivity (Wildman–Crippen MR) is 74.4 cm³/mol. The summed E-state index contributed by atoms with van der Waals surface area (Å²) in [6, 6.07) is 6.14. The molecule has 0 fully saturated rings. The number of hydrogen-bond donors (Lipinski definition) is 0. The zero-order chi connectivity index (χ0) is 12.4. The van der Waals surface area contributed by atoms with Crippen LogP contribution in [0.2, 0.25) is 0 Å². The fourth-order valence-corrected chi connectivity index (χ4v) is 2.16. The zero-order valence-electron chi connectivity index (χ0n) is 8.53. The van der Waals surface area contributed by atoms with Gasteiger partial charge in [-0.15, -0.1) is 0 Å². The van der Waals surface area contributed by atoms with Gasteiger partial charge < -0.3 is 0 Å². The van der Waals surface area contributed by atoms with Gasteiger partial charge in [-0.3, -0.25) is 4.79 Å². The van der Waals surface area contributed by atoms with E-state index in [1.54, 1.807) is 18.3 Å². The van der Waals surface area contributed by atoms with Gasteiger partial charge in [0.1, 0.15) is 5.82 Å². The maximum atomic E-state index is 13.0. The second kappa shape index (κ2) is 5.26. The molecule has 0 saturated carbocycles. The van der Waals surface area contributed by atoms with E-state index in [4.69, 9.17) is 0 Å². The molecule has 0 amide bonds. The van der Waals surface area contributed by atoms with Crippen LogP contribution in [-0.2, 0) is 6.54 Å². The van der Waals surface area contributed by atoms with Gasteiger partial charge in [0, 0.05) is 9.64 Å². The summed E-state index contributed by atoms with van der Waals surface area (Å²) in [5.41, 5.74) is 0.645. The van der Waals surface area contributed by atoms with Gasteiger partial charge in [0.2, 0.25) is 0 Å². The second-order valence-electron chi connectivity index (χ2n) is 3.42. The number of hydrogen-bond acceptors (Lipinski definition) is 2. The topological polar surface area (TPSA) is 34.9 Å². The quantitative estimate of drug-likeness (QED) is 0.716. The van der Waals surface area contributed by atoms with Gasteiger partial charge in [0.25, 0.3) is 5.56 Å². The van der Waals surface area contributed by atoms with E-state index in [1.165, 1.54) is 16.8 Å². The molecule has 1 heterocycles. The molecule has 1 aromatic carbocycles. The van der Waals surface area contributed by atoms with E-state index < -0.39 is 0 Å². The molecule has 0 radical (unpaired) electrons. The lowest BCUT2D eigenvalue weighted by Gasteiger charge is -2.05. The molecule has 0 aliphatic heterocycles. The van der Waals surface area contributed by atoms with E-state index in [0.29, 0.717) is 11.0 Å². The van der Waals surface area contributed by atoms with Crippen molar-refractivity contribution in [2.45, 2.75) is 6.54 Å². The van der Waals surface area contributed by atoms with Gasteiger partial charge in [0.05, 0.1) is 17.2 Å². The number of rotatable bonds is 2. The summed E-state index contributed by atoms with van der Waals surface area (Å²) in [5.74, 6) is -0.323. The smallest absolute Gasteiger partial charge is 0.268 e. The molecule has 17 heavy (non-hydrogen) atoms. The fraction of sp³-hybridized carbons (Fsp3) is 0.0909. The summed E-state index contributed by atoms with van der Waals surface area (Å²) < 4.78 is 15.6. The first-order valence-electron chi connectivity index (χ1n) is 4.73. The molecule has 3 nitrogen and oxygen atoms in total. The Kier molecular flexibility index (Phi) is 3.93.